The predicted octanol–water partition coefficient (Wildman–Crippen LogP) is 5.41. The highest BCUT2D eigenvalue weighted by Gasteiger charge is 2.10. The van der Waals surface area contributed by atoms with Gasteiger partial charge in [0, 0.05) is 34.6 Å². The third-order valence-electron chi connectivity index (χ3n) is 4.99. The van der Waals surface area contributed by atoms with Gasteiger partial charge in [-0.25, -0.2) is 9.97 Å². The van der Waals surface area contributed by atoms with Crippen molar-refractivity contribution in [1.82, 2.24) is 15.3 Å². The summed E-state index contributed by atoms with van der Waals surface area (Å²) in [5.41, 5.74) is 4.65. The number of nitrogens with one attached hydrogen (secondary N) is 2. The fourth-order valence-corrected chi connectivity index (χ4v) is 3.40. The van der Waals surface area contributed by atoms with Crippen LogP contribution in [0.4, 0.5) is 5.82 Å². The summed E-state index contributed by atoms with van der Waals surface area (Å²) < 4.78 is 0. The van der Waals surface area contributed by atoms with Crippen LogP contribution in [-0.4, -0.2) is 29.0 Å². The lowest BCUT2D eigenvalue weighted by Crippen LogP contribution is -2.28. The largest absolute Gasteiger partial charge is 0.368 e. The van der Waals surface area contributed by atoms with E-state index >= 15 is 0 Å². The minimum atomic E-state index is -0.0959. The van der Waals surface area contributed by atoms with E-state index < -0.39 is 0 Å². The quantitative estimate of drug-likeness (QED) is 0.401. The minimum Gasteiger partial charge on any atom is -0.368 e. The Morgan fingerprint density at radius 3 is 2.26 bits per heavy atom. The summed E-state index contributed by atoms with van der Waals surface area (Å²) in [6.45, 7) is 5.03. The van der Waals surface area contributed by atoms with Crippen LogP contribution in [0.25, 0.3) is 22.3 Å². The summed E-state index contributed by atoms with van der Waals surface area (Å²) in [6.07, 6.45) is 0. The van der Waals surface area contributed by atoms with Crippen molar-refractivity contribution in [3.05, 3.63) is 88.4 Å². The molecular formula is C25H23ClN4O. The molecule has 0 aliphatic heterocycles. The Morgan fingerprint density at radius 2 is 1.55 bits per heavy atom. The van der Waals surface area contributed by atoms with E-state index in [9.17, 15) is 4.79 Å². The Kier molecular flexibility index (Phi) is 6.14. The number of rotatable bonds is 6. The molecule has 0 saturated carbocycles. The van der Waals surface area contributed by atoms with Gasteiger partial charge in [-0.2, -0.15) is 0 Å². The number of halogens is 1. The van der Waals surface area contributed by atoms with Crippen molar-refractivity contribution >= 4 is 34.2 Å². The Morgan fingerprint density at radius 1 is 0.871 bits per heavy atom. The van der Waals surface area contributed by atoms with Crippen molar-refractivity contribution in [2.75, 3.05) is 18.4 Å². The number of benzene rings is 3. The molecule has 156 valence electrons. The summed E-state index contributed by atoms with van der Waals surface area (Å²) in [5, 5.41) is 7.77. The molecule has 0 atom stereocenters. The standard InChI is InChI=1S/C25H23ClN4O/c1-16-3-7-18(8-4-16)23-29-22-15-20(26)11-12-21(22)24(30-23)27-13-14-28-25(31)19-9-5-17(2)6-10-19/h3-12,15H,13-14H2,1-2H3,(H,28,31)(H,27,29,30). The van der Waals surface area contributed by atoms with E-state index in [4.69, 9.17) is 21.6 Å². The van der Waals surface area contributed by atoms with Crippen molar-refractivity contribution in [2.24, 2.45) is 0 Å². The number of nitrogens with zero attached hydrogens (tertiary/aromatic N) is 2. The van der Waals surface area contributed by atoms with Crippen molar-refractivity contribution in [1.29, 1.82) is 0 Å². The summed E-state index contributed by atoms with van der Waals surface area (Å²) >= 11 is 6.19. The van der Waals surface area contributed by atoms with Gasteiger partial charge in [-0.15, -0.1) is 0 Å². The smallest absolute Gasteiger partial charge is 0.251 e. The fourth-order valence-electron chi connectivity index (χ4n) is 3.23. The monoisotopic (exact) mass is 430 g/mol. The molecule has 1 aromatic heterocycles. The highest BCUT2D eigenvalue weighted by Crippen LogP contribution is 2.27. The molecule has 0 saturated heterocycles. The summed E-state index contributed by atoms with van der Waals surface area (Å²) in [7, 11) is 0. The number of hydrogen-bond donors (Lipinski definition) is 2. The SMILES string of the molecule is Cc1ccc(C(=O)NCCNc2nc(-c3ccc(C)cc3)nc3cc(Cl)ccc23)cc1. The van der Waals surface area contributed by atoms with E-state index in [-0.39, 0.29) is 5.91 Å². The molecule has 0 aliphatic rings. The van der Waals surface area contributed by atoms with Gasteiger partial charge in [-0.05, 0) is 44.2 Å². The van der Waals surface area contributed by atoms with Crippen LogP contribution in [-0.2, 0) is 0 Å². The normalized spacial score (nSPS) is 10.8. The summed E-state index contributed by atoms with van der Waals surface area (Å²) in [4.78, 5) is 21.7. The van der Waals surface area contributed by atoms with E-state index in [1.54, 1.807) is 0 Å². The molecule has 1 amide bonds. The average molecular weight is 431 g/mol. The molecule has 2 N–H and O–H groups in total. The second kappa shape index (κ2) is 9.14. The molecule has 0 bridgehead atoms. The average Bonchev–Trinajstić information content (AvgIpc) is 2.77. The maximum Gasteiger partial charge on any atom is 0.251 e. The maximum atomic E-state index is 12.3. The van der Waals surface area contributed by atoms with E-state index in [0.717, 1.165) is 22.0 Å². The summed E-state index contributed by atoms with van der Waals surface area (Å²) in [6, 6.07) is 21.2. The third-order valence-corrected chi connectivity index (χ3v) is 5.22. The third kappa shape index (κ3) is 5.01. The number of amides is 1. The Labute approximate surface area is 186 Å². The molecule has 4 aromatic rings. The van der Waals surface area contributed by atoms with Gasteiger partial charge in [-0.1, -0.05) is 59.1 Å². The highest BCUT2D eigenvalue weighted by atomic mass is 35.5. The van der Waals surface area contributed by atoms with Gasteiger partial charge in [0.25, 0.3) is 5.91 Å². The number of fused-ring (bicyclic) bond motifs is 1. The first-order valence-electron chi connectivity index (χ1n) is 10.1. The zero-order valence-electron chi connectivity index (χ0n) is 17.4. The molecule has 1 heterocycles. The summed E-state index contributed by atoms with van der Waals surface area (Å²) in [5.74, 6) is 1.24. The van der Waals surface area contributed by atoms with Crippen LogP contribution < -0.4 is 10.6 Å². The number of aryl methyl sites for hydroxylation is 2. The number of anilines is 1. The van der Waals surface area contributed by atoms with Crippen LogP contribution in [0.2, 0.25) is 5.02 Å². The van der Waals surface area contributed by atoms with Crippen molar-refractivity contribution in [3.8, 4) is 11.4 Å². The van der Waals surface area contributed by atoms with Gasteiger partial charge in [-0.3, -0.25) is 4.79 Å². The van der Waals surface area contributed by atoms with E-state index in [0.29, 0.717) is 35.3 Å². The number of hydrogen-bond acceptors (Lipinski definition) is 4. The van der Waals surface area contributed by atoms with Crippen LogP contribution in [0, 0.1) is 13.8 Å². The lowest BCUT2D eigenvalue weighted by Gasteiger charge is -2.12. The minimum absolute atomic E-state index is 0.0959. The number of aromatic nitrogens is 2. The molecule has 0 unspecified atom stereocenters. The molecular weight excluding hydrogens is 408 g/mol. The van der Waals surface area contributed by atoms with E-state index in [1.807, 2.05) is 80.6 Å². The fraction of sp³-hybridized carbons (Fsp3) is 0.160. The Hall–Kier alpha value is -3.44. The van der Waals surface area contributed by atoms with Crippen LogP contribution in [0.1, 0.15) is 21.5 Å². The van der Waals surface area contributed by atoms with Crippen molar-refractivity contribution in [2.45, 2.75) is 13.8 Å². The molecule has 5 nitrogen and oxygen atoms in total. The number of carbonyl (C=O) groups is 1. The van der Waals surface area contributed by atoms with Crippen molar-refractivity contribution in [3.63, 3.8) is 0 Å². The lowest BCUT2D eigenvalue weighted by molar-refractivity contribution is 0.0955. The molecule has 0 radical (unpaired) electrons. The molecule has 0 spiro atoms. The predicted molar refractivity (Wildman–Crippen MR) is 127 cm³/mol. The van der Waals surface area contributed by atoms with Gasteiger partial charge < -0.3 is 10.6 Å². The molecule has 6 heteroatoms. The molecule has 4 rings (SSSR count). The van der Waals surface area contributed by atoms with Gasteiger partial charge >= 0.3 is 0 Å². The van der Waals surface area contributed by atoms with Crippen LogP contribution in [0.3, 0.4) is 0 Å². The van der Waals surface area contributed by atoms with Crippen molar-refractivity contribution < 1.29 is 4.79 Å². The Balaban J connectivity index is 1.51. The zero-order chi connectivity index (χ0) is 21.8. The Bertz CT molecular complexity index is 1220. The molecule has 0 aliphatic carbocycles. The first-order chi connectivity index (χ1) is 15.0. The second-order valence-corrected chi connectivity index (χ2v) is 7.91. The first kappa shape index (κ1) is 20.8. The lowest BCUT2D eigenvalue weighted by atomic mass is 10.1. The van der Waals surface area contributed by atoms with Crippen LogP contribution in [0.15, 0.2) is 66.7 Å². The highest BCUT2D eigenvalue weighted by molar-refractivity contribution is 6.31. The first-order valence-corrected chi connectivity index (χ1v) is 10.5. The van der Waals surface area contributed by atoms with Gasteiger partial charge in [0.15, 0.2) is 5.82 Å². The maximum absolute atomic E-state index is 12.3. The zero-order valence-corrected chi connectivity index (χ0v) is 18.2. The van der Waals surface area contributed by atoms with E-state index in [2.05, 4.69) is 10.6 Å². The molecule has 0 fully saturated rings. The second-order valence-electron chi connectivity index (χ2n) is 7.47. The van der Waals surface area contributed by atoms with Crippen LogP contribution in [0.5, 0.6) is 0 Å². The van der Waals surface area contributed by atoms with Gasteiger partial charge in [0.05, 0.1) is 5.52 Å². The topological polar surface area (TPSA) is 66.9 Å². The van der Waals surface area contributed by atoms with Gasteiger partial charge in [0.2, 0.25) is 0 Å². The van der Waals surface area contributed by atoms with E-state index in [1.165, 1.54) is 5.56 Å². The molecule has 3 aromatic carbocycles. The van der Waals surface area contributed by atoms with Crippen LogP contribution >= 0.6 is 11.6 Å². The molecule has 31 heavy (non-hydrogen) atoms. The van der Waals surface area contributed by atoms with Gasteiger partial charge in [0.1, 0.15) is 5.82 Å². The number of carbonyl (C=O) groups excluding carboxylic acids is 1.